The van der Waals surface area contributed by atoms with Crippen LogP contribution in [0.2, 0.25) is 0 Å². The number of aromatic amines is 1. The molecule has 1 aromatic heterocycles. The average molecular weight is 501 g/mol. The predicted octanol–water partition coefficient (Wildman–Crippen LogP) is 5.43. The van der Waals surface area contributed by atoms with Crippen LogP contribution in [0.15, 0.2) is 48.5 Å². The number of likely N-dealkylation sites (tertiary alicyclic amines) is 1. The highest BCUT2D eigenvalue weighted by molar-refractivity contribution is 5.89. The van der Waals surface area contributed by atoms with Gasteiger partial charge in [0.05, 0.1) is 13.2 Å². The fourth-order valence-corrected chi connectivity index (χ4v) is 6.65. The van der Waals surface area contributed by atoms with Gasteiger partial charge in [-0.15, -0.1) is 0 Å². The Kier molecular flexibility index (Phi) is 6.96. The number of rotatable bonds is 9. The van der Waals surface area contributed by atoms with E-state index >= 15 is 0 Å². The lowest BCUT2D eigenvalue weighted by Crippen LogP contribution is -2.58. The number of nitrogens with one attached hydrogen (secondary N) is 2. The molecule has 6 heteroatoms. The van der Waals surface area contributed by atoms with Crippen molar-refractivity contribution in [3.63, 3.8) is 0 Å². The van der Waals surface area contributed by atoms with Crippen molar-refractivity contribution in [3.8, 4) is 0 Å². The summed E-state index contributed by atoms with van der Waals surface area (Å²) in [7, 11) is 0. The standard InChI is InChI=1S/C31H40N4O2/c1-3-34(4-2)31(36)32-23-15-25-24-11-8-12-27-30(24)26(16-29(25)35(18-23)17-21-13-14-21)28(33-27)20-37-19-22-9-6-5-7-10-22/h5-12,21,23,25,29,33H,3-4,13-20H2,1-2H3,(H,32,36)/t23-,25?,29+/m0/s1. The van der Waals surface area contributed by atoms with E-state index in [4.69, 9.17) is 4.74 Å². The number of nitrogens with zero attached hydrogens (tertiary/aromatic N) is 2. The molecule has 6 rings (SSSR count). The van der Waals surface area contributed by atoms with Crippen molar-refractivity contribution < 1.29 is 9.53 Å². The summed E-state index contributed by atoms with van der Waals surface area (Å²) < 4.78 is 6.19. The van der Waals surface area contributed by atoms with Crippen LogP contribution in [0, 0.1) is 5.92 Å². The van der Waals surface area contributed by atoms with E-state index < -0.39 is 0 Å². The quantitative estimate of drug-likeness (QED) is 0.412. The molecule has 1 aliphatic heterocycles. The average Bonchev–Trinajstić information content (AvgIpc) is 3.66. The second kappa shape index (κ2) is 10.5. The summed E-state index contributed by atoms with van der Waals surface area (Å²) in [6.07, 6.45) is 4.74. The molecule has 1 unspecified atom stereocenters. The van der Waals surface area contributed by atoms with Crippen LogP contribution in [-0.2, 0) is 24.4 Å². The maximum atomic E-state index is 12.9. The van der Waals surface area contributed by atoms with Crippen LogP contribution in [0.1, 0.15) is 61.4 Å². The molecule has 1 saturated carbocycles. The van der Waals surface area contributed by atoms with E-state index in [1.165, 1.54) is 46.1 Å². The Labute approximate surface area is 220 Å². The molecule has 2 amide bonds. The normalized spacial score (nSPS) is 23.1. The third kappa shape index (κ3) is 5.01. The van der Waals surface area contributed by atoms with Gasteiger partial charge in [-0.1, -0.05) is 42.5 Å². The number of amides is 2. The summed E-state index contributed by atoms with van der Waals surface area (Å²) in [5, 5.41) is 4.79. The molecule has 2 aromatic carbocycles. The van der Waals surface area contributed by atoms with Gasteiger partial charge in [0, 0.05) is 60.8 Å². The zero-order chi connectivity index (χ0) is 25.4. The van der Waals surface area contributed by atoms with Crippen molar-refractivity contribution in [2.24, 2.45) is 5.92 Å². The first kappa shape index (κ1) is 24.5. The van der Waals surface area contributed by atoms with Gasteiger partial charge >= 0.3 is 6.03 Å². The van der Waals surface area contributed by atoms with E-state index in [0.717, 1.165) is 44.9 Å². The first-order chi connectivity index (χ1) is 18.1. The smallest absolute Gasteiger partial charge is 0.317 e. The minimum atomic E-state index is 0.0778. The molecular weight excluding hydrogens is 460 g/mol. The SMILES string of the molecule is CCN(CC)C(=O)N[C@H]1CC2c3cccc4[nH]c(COCc5ccccc5)c(c34)C[C@H]2N(CC2CC2)C1. The van der Waals surface area contributed by atoms with E-state index in [0.29, 0.717) is 25.2 Å². The van der Waals surface area contributed by atoms with Gasteiger partial charge in [-0.2, -0.15) is 0 Å². The number of aromatic nitrogens is 1. The Morgan fingerprint density at radius 2 is 1.89 bits per heavy atom. The van der Waals surface area contributed by atoms with Crippen molar-refractivity contribution in [1.29, 1.82) is 0 Å². The highest BCUT2D eigenvalue weighted by Crippen LogP contribution is 2.46. The number of benzene rings is 2. The summed E-state index contributed by atoms with van der Waals surface area (Å²) in [5.41, 5.74) is 6.52. The van der Waals surface area contributed by atoms with Crippen LogP contribution >= 0.6 is 0 Å². The van der Waals surface area contributed by atoms with Gasteiger partial charge in [0.2, 0.25) is 0 Å². The van der Waals surface area contributed by atoms with Crippen LogP contribution in [-0.4, -0.2) is 59.1 Å². The van der Waals surface area contributed by atoms with Crippen molar-refractivity contribution >= 4 is 16.9 Å². The fraction of sp³-hybridized carbons (Fsp3) is 0.516. The Morgan fingerprint density at radius 3 is 2.65 bits per heavy atom. The molecule has 0 radical (unpaired) electrons. The van der Waals surface area contributed by atoms with E-state index in [2.05, 4.69) is 71.5 Å². The van der Waals surface area contributed by atoms with E-state index in [1.807, 2.05) is 11.0 Å². The second-order valence-corrected chi connectivity index (χ2v) is 11.2. The van der Waals surface area contributed by atoms with E-state index in [9.17, 15) is 4.79 Å². The molecular formula is C31H40N4O2. The monoisotopic (exact) mass is 500 g/mol. The van der Waals surface area contributed by atoms with Crippen LogP contribution < -0.4 is 5.32 Å². The van der Waals surface area contributed by atoms with Crippen molar-refractivity contribution in [2.75, 3.05) is 26.2 Å². The molecule has 0 bridgehead atoms. The largest absolute Gasteiger partial charge is 0.371 e. The van der Waals surface area contributed by atoms with Gasteiger partial charge in [0.1, 0.15) is 0 Å². The lowest BCUT2D eigenvalue weighted by molar-refractivity contribution is 0.0900. The van der Waals surface area contributed by atoms with Crippen LogP contribution in [0.4, 0.5) is 4.79 Å². The molecule has 196 valence electrons. The van der Waals surface area contributed by atoms with Crippen molar-refractivity contribution in [3.05, 3.63) is 70.9 Å². The minimum Gasteiger partial charge on any atom is -0.371 e. The van der Waals surface area contributed by atoms with Gasteiger partial charge in [-0.25, -0.2) is 4.79 Å². The van der Waals surface area contributed by atoms with E-state index in [-0.39, 0.29) is 12.1 Å². The zero-order valence-corrected chi connectivity index (χ0v) is 22.2. The number of carbonyl (C=O) groups excluding carboxylic acids is 1. The van der Waals surface area contributed by atoms with Gasteiger partial charge in [0.25, 0.3) is 0 Å². The molecule has 2 fully saturated rings. The topological polar surface area (TPSA) is 60.6 Å². The summed E-state index contributed by atoms with van der Waals surface area (Å²) in [5.74, 6) is 1.24. The number of ether oxygens (including phenoxy) is 1. The van der Waals surface area contributed by atoms with Crippen molar-refractivity contribution in [2.45, 2.75) is 70.7 Å². The molecule has 2 aliphatic carbocycles. The van der Waals surface area contributed by atoms with E-state index in [1.54, 1.807) is 0 Å². The molecule has 3 atom stereocenters. The predicted molar refractivity (Wildman–Crippen MR) is 148 cm³/mol. The highest BCUT2D eigenvalue weighted by Gasteiger charge is 2.43. The summed E-state index contributed by atoms with van der Waals surface area (Å²) in [6, 6.07) is 17.9. The van der Waals surface area contributed by atoms with Gasteiger partial charge < -0.3 is 19.9 Å². The van der Waals surface area contributed by atoms with Crippen LogP contribution in [0.3, 0.4) is 0 Å². The number of urea groups is 1. The summed E-state index contributed by atoms with van der Waals surface area (Å²) in [6.45, 7) is 8.90. The zero-order valence-electron chi connectivity index (χ0n) is 22.2. The number of hydrogen-bond acceptors (Lipinski definition) is 3. The first-order valence-electron chi connectivity index (χ1n) is 14.2. The third-order valence-electron chi connectivity index (χ3n) is 8.71. The van der Waals surface area contributed by atoms with Crippen LogP contribution in [0.5, 0.6) is 0 Å². The Bertz CT molecular complexity index is 1230. The fourth-order valence-electron chi connectivity index (χ4n) is 6.65. The number of carbonyl (C=O) groups is 1. The lowest BCUT2D eigenvalue weighted by Gasteiger charge is -2.47. The number of piperidine rings is 1. The summed E-state index contributed by atoms with van der Waals surface area (Å²) in [4.78, 5) is 21.3. The molecule has 2 N–H and O–H groups in total. The number of fused-ring (bicyclic) bond motifs is 2. The maximum Gasteiger partial charge on any atom is 0.317 e. The first-order valence-corrected chi connectivity index (χ1v) is 14.2. The maximum absolute atomic E-state index is 12.9. The molecule has 0 spiro atoms. The molecule has 37 heavy (non-hydrogen) atoms. The molecule has 6 nitrogen and oxygen atoms in total. The van der Waals surface area contributed by atoms with Gasteiger partial charge in [-0.05, 0) is 68.2 Å². The van der Waals surface area contributed by atoms with Crippen molar-refractivity contribution in [1.82, 2.24) is 20.1 Å². The second-order valence-electron chi connectivity index (χ2n) is 11.2. The molecule has 2 heterocycles. The molecule has 3 aliphatic rings. The Hall–Kier alpha value is -2.83. The Morgan fingerprint density at radius 1 is 1.08 bits per heavy atom. The van der Waals surface area contributed by atoms with Crippen LogP contribution in [0.25, 0.3) is 10.9 Å². The lowest BCUT2D eigenvalue weighted by atomic mass is 9.73. The molecule has 3 aromatic rings. The summed E-state index contributed by atoms with van der Waals surface area (Å²) >= 11 is 0. The Balaban J connectivity index is 1.26. The van der Waals surface area contributed by atoms with Gasteiger partial charge in [-0.3, -0.25) is 4.90 Å². The minimum absolute atomic E-state index is 0.0778. The highest BCUT2D eigenvalue weighted by atomic mass is 16.5. The third-order valence-corrected chi connectivity index (χ3v) is 8.71. The molecule has 1 saturated heterocycles. The number of H-pyrrole nitrogens is 1. The van der Waals surface area contributed by atoms with Gasteiger partial charge in [0.15, 0.2) is 0 Å². The number of hydrogen-bond donors (Lipinski definition) is 2.